The number of thiophene rings is 2. The maximum atomic E-state index is 13.1. The van der Waals surface area contributed by atoms with Gasteiger partial charge in [0.1, 0.15) is 5.00 Å². The van der Waals surface area contributed by atoms with E-state index < -0.39 is 0 Å². The third kappa shape index (κ3) is 5.16. The summed E-state index contributed by atoms with van der Waals surface area (Å²) in [6.45, 7) is 4.17. The predicted molar refractivity (Wildman–Crippen MR) is 144 cm³/mol. The Morgan fingerprint density at radius 3 is 2.29 bits per heavy atom. The van der Waals surface area contributed by atoms with Gasteiger partial charge < -0.3 is 10.1 Å². The van der Waals surface area contributed by atoms with Crippen molar-refractivity contribution in [2.45, 2.75) is 77.9 Å². The number of benzene rings is 1. The highest BCUT2D eigenvalue weighted by molar-refractivity contribution is 7.17. The van der Waals surface area contributed by atoms with Gasteiger partial charge in [0, 0.05) is 21.2 Å². The first kappa shape index (κ1) is 24.1. The van der Waals surface area contributed by atoms with E-state index in [1.165, 1.54) is 55.5 Å². The van der Waals surface area contributed by atoms with Crippen LogP contribution in [0.5, 0.6) is 0 Å². The van der Waals surface area contributed by atoms with Crippen LogP contribution in [0.2, 0.25) is 0 Å². The van der Waals surface area contributed by atoms with Crippen molar-refractivity contribution in [3.63, 3.8) is 0 Å². The van der Waals surface area contributed by atoms with Crippen LogP contribution in [0.1, 0.15) is 76.3 Å². The van der Waals surface area contributed by atoms with Crippen molar-refractivity contribution in [1.29, 1.82) is 0 Å². The molecule has 0 saturated heterocycles. The number of carbonyl (C=O) groups is 2. The van der Waals surface area contributed by atoms with Crippen LogP contribution in [0.15, 0.2) is 30.3 Å². The minimum absolute atomic E-state index is 0.204. The van der Waals surface area contributed by atoms with Crippen molar-refractivity contribution >= 4 is 39.7 Å². The van der Waals surface area contributed by atoms with Gasteiger partial charge in [0.05, 0.1) is 11.7 Å². The van der Waals surface area contributed by atoms with E-state index in [4.69, 9.17) is 4.74 Å². The number of esters is 1. The normalized spacial score (nSPS) is 14.8. The second-order valence-corrected chi connectivity index (χ2v) is 11.8. The second kappa shape index (κ2) is 10.5. The number of urea groups is 1. The summed E-state index contributed by atoms with van der Waals surface area (Å²) >= 11 is 3.39. The first-order valence-electron chi connectivity index (χ1n) is 12.6. The van der Waals surface area contributed by atoms with Crippen molar-refractivity contribution in [3.05, 3.63) is 62.3 Å². The molecule has 0 fully saturated rings. The van der Waals surface area contributed by atoms with E-state index in [2.05, 4.69) is 34.9 Å². The number of amides is 2. The minimum Gasteiger partial charge on any atom is -0.459 e. The molecule has 7 heteroatoms. The van der Waals surface area contributed by atoms with Crippen molar-refractivity contribution < 1.29 is 14.3 Å². The highest BCUT2D eigenvalue weighted by atomic mass is 32.1. The number of anilines is 1. The largest absolute Gasteiger partial charge is 0.459 e. The Morgan fingerprint density at radius 2 is 1.57 bits per heavy atom. The molecule has 0 bridgehead atoms. The highest BCUT2D eigenvalue weighted by Gasteiger charge is 2.28. The number of aryl methyl sites for hydroxylation is 2. The van der Waals surface area contributed by atoms with E-state index in [9.17, 15) is 9.59 Å². The lowest BCUT2D eigenvalue weighted by Gasteiger charge is -2.15. The highest BCUT2D eigenvalue weighted by Crippen LogP contribution is 2.41. The van der Waals surface area contributed by atoms with Crippen LogP contribution < -0.4 is 10.6 Å². The van der Waals surface area contributed by atoms with Crippen LogP contribution >= 0.6 is 22.7 Å². The molecule has 2 N–H and O–H groups in total. The summed E-state index contributed by atoms with van der Waals surface area (Å²) in [4.78, 5) is 29.9. The summed E-state index contributed by atoms with van der Waals surface area (Å²) in [6, 6.07) is 10.2. The molecule has 2 aliphatic carbocycles. The third-order valence-electron chi connectivity index (χ3n) is 6.69. The SMILES string of the molecule is CC(C)OC(=O)c1c(NC(=O)NCc2c(-c3ccccc3)sc3c2CCCC3)sc2c1CCCC2. The fourth-order valence-corrected chi connectivity index (χ4v) is 7.79. The van der Waals surface area contributed by atoms with Crippen LogP contribution in [-0.2, 0) is 37.0 Å². The number of nitrogens with one attached hydrogen (secondary N) is 2. The van der Waals surface area contributed by atoms with Crippen LogP contribution in [-0.4, -0.2) is 18.1 Å². The monoisotopic (exact) mass is 508 g/mol. The molecule has 5 nitrogen and oxygen atoms in total. The van der Waals surface area contributed by atoms with Gasteiger partial charge in [-0.15, -0.1) is 22.7 Å². The van der Waals surface area contributed by atoms with Crippen LogP contribution in [0, 0.1) is 0 Å². The van der Waals surface area contributed by atoms with Gasteiger partial charge in [0.2, 0.25) is 0 Å². The third-order valence-corrected chi connectivity index (χ3v) is 9.28. The fourth-order valence-electron chi connectivity index (χ4n) is 5.10. The predicted octanol–water partition coefficient (Wildman–Crippen LogP) is 7.12. The molecule has 2 amide bonds. The van der Waals surface area contributed by atoms with Crippen molar-refractivity contribution in [2.75, 3.05) is 5.32 Å². The number of ether oxygens (including phenoxy) is 1. The quantitative estimate of drug-likeness (QED) is 0.348. The molecule has 1 aromatic carbocycles. The number of hydrogen-bond acceptors (Lipinski definition) is 5. The first-order valence-corrected chi connectivity index (χ1v) is 14.2. The number of hydrogen-bond donors (Lipinski definition) is 2. The molecule has 0 spiro atoms. The van der Waals surface area contributed by atoms with E-state index >= 15 is 0 Å². The van der Waals surface area contributed by atoms with Gasteiger partial charge in [0.15, 0.2) is 0 Å². The molecule has 0 radical (unpaired) electrons. The number of rotatable bonds is 6. The smallest absolute Gasteiger partial charge is 0.341 e. The van der Waals surface area contributed by atoms with Crippen molar-refractivity contribution in [3.8, 4) is 10.4 Å². The topological polar surface area (TPSA) is 67.4 Å². The fraction of sp³-hybridized carbons (Fsp3) is 0.429. The molecule has 35 heavy (non-hydrogen) atoms. The molecule has 0 unspecified atom stereocenters. The Labute approximate surface area is 214 Å². The van der Waals surface area contributed by atoms with Gasteiger partial charge in [-0.3, -0.25) is 5.32 Å². The van der Waals surface area contributed by atoms with E-state index in [0.717, 1.165) is 44.1 Å². The Morgan fingerprint density at radius 1 is 0.914 bits per heavy atom. The summed E-state index contributed by atoms with van der Waals surface area (Å²) in [7, 11) is 0. The molecule has 3 aromatic rings. The second-order valence-electron chi connectivity index (χ2n) is 9.56. The van der Waals surface area contributed by atoms with E-state index in [-0.39, 0.29) is 18.1 Å². The lowest BCUT2D eigenvalue weighted by molar-refractivity contribution is 0.0378. The average molecular weight is 509 g/mol. The zero-order valence-corrected chi connectivity index (χ0v) is 22.0. The van der Waals surface area contributed by atoms with Crippen molar-refractivity contribution in [2.24, 2.45) is 0 Å². The lowest BCUT2D eigenvalue weighted by Crippen LogP contribution is -2.29. The summed E-state index contributed by atoms with van der Waals surface area (Å²) in [5, 5.41) is 6.69. The van der Waals surface area contributed by atoms with Gasteiger partial charge in [-0.1, -0.05) is 30.3 Å². The van der Waals surface area contributed by atoms with E-state index in [1.807, 2.05) is 31.3 Å². The number of carbonyl (C=O) groups excluding carboxylic acids is 2. The van der Waals surface area contributed by atoms with Gasteiger partial charge in [-0.2, -0.15) is 0 Å². The zero-order chi connectivity index (χ0) is 24.4. The van der Waals surface area contributed by atoms with Crippen LogP contribution in [0.3, 0.4) is 0 Å². The van der Waals surface area contributed by atoms with Crippen LogP contribution in [0.25, 0.3) is 10.4 Å². The van der Waals surface area contributed by atoms with Crippen molar-refractivity contribution in [1.82, 2.24) is 5.32 Å². The van der Waals surface area contributed by atoms with Gasteiger partial charge in [-0.05, 0) is 87.5 Å². The maximum absolute atomic E-state index is 13.1. The van der Waals surface area contributed by atoms with E-state index in [0.29, 0.717) is 17.1 Å². The van der Waals surface area contributed by atoms with Crippen LogP contribution in [0.4, 0.5) is 9.80 Å². The number of fused-ring (bicyclic) bond motifs is 2. The summed E-state index contributed by atoms with van der Waals surface area (Å²) < 4.78 is 5.53. The molecule has 2 aliphatic rings. The zero-order valence-electron chi connectivity index (χ0n) is 20.4. The first-order chi connectivity index (χ1) is 17.0. The van der Waals surface area contributed by atoms with Gasteiger partial charge >= 0.3 is 12.0 Å². The Hall–Kier alpha value is -2.64. The molecule has 0 atom stereocenters. The molecule has 184 valence electrons. The van der Waals surface area contributed by atoms with E-state index in [1.54, 1.807) is 0 Å². The maximum Gasteiger partial charge on any atom is 0.341 e. The Balaban J connectivity index is 1.37. The lowest BCUT2D eigenvalue weighted by atomic mass is 9.93. The molecular formula is C28H32N2O3S2. The Kier molecular flexibility index (Phi) is 7.25. The summed E-state index contributed by atoms with van der Waals surface area (Å²) in [5.41, 5.74) is 5.45. The molecule has 0 aliphatic heterocycles. The minimum atomic E-state index is -0.340. The standard InChI is InChI=1S/C28H32N2O3S2/c1-17(2)33-27(31)24-20-13-7-9-15-23(20)35-26(24)30-28(32)29-16-21-19-12-6-8-14-22(19)34-25(21)18-10-4-3-5-11-18/h3-5,10-11,17H,6-9,12-16H2,1-2H3,(H2,29,30,32). The Bertz CT molecular complexity index is 1230. The molecule has 5 rings (SSSR count). The summed E-state index contributed by atoms with van der Waals surface area (Å²) in [6.07, 6.45) is 8.39. The molecule has 2 heterocycles. The average Bonchev–Trinajstić information content (AvgIpc) is 3.41. The van der Waals surface area contributed by atoms with Gasteiger partial charge in [0.25, 0.3) is 0 Å². The molecule has 0 saturated carbocycles. The summed E-state index contributed by atoms with van der Waals surface area (Å²) in [5.74, 6) is -0.340. The molecule has 2 aromatic heterocycles. The molecular weight excluding hydrogens is 476 g/mol. The van der Waals surface area contributed by atoms with Gasteiger partial charge in [-0.25, -0.2) is 9.59 Å².